The average Bonchev–Trinajstić information content (AvgIpc) is 3.04. The van der Waals surface area contributed by atoms with Crippen molar-refractivity contribution in [3.8, 4) is 11.6 Å². The molecule has 0 aliphatic heterocycles. The smallest absolute Gasteiger partial charge is 0.176 e. The summed E-state index contributed by atoms with van der Waals surface area (Å²) in [7, 11) is 2.01. The molecular formula is C15H17N3O. The molecule has 0 fully saturated rings. The molecule has 4 heteroatoms. The van der Waals surface area contributed by atoms with Gasteiger partial charge in [0.1, 0.15) is 0 Å². The summed E-state index contributed by atoms with van der Waals surface area (Å²) in [5.74, 6) is 1.66. The molecule has 0 aliphatic carbocycles. The summed E-state index contributed by atoms with van der Waals surface area (Å²) in [5, 5.41) is 3.33. The van der Waals surface area contributed by atoms with Gasteiger partial charge in [0.25, 0.3) is 0 Å². The SMILES string of the molecule is CCNCc1ccc2c(c1)nc(-c1ccco1)n2C. The van der Waals surface area contributed by atoms with Crippen molar-refractivity contribution >= 4 is 11.0 Å². The number of nitrogens with zero attached hydrogens (tertiary/aromatic N) is 2. The van der Waals surface area contributed by atoms with Crippen LogP contribution in [0.3, 0.4) is 0 Å². The van der Waals surface area contributed by atoms with E-state index in [1.807, 2.05) is 19.2 Å². The third-order valence-corrected chi connectivity index (χ3v) is 3.27. The van der Waals surface area contributed by atoms with Gasteiger partial charge in [-0.05, 0) is 36.4 Å². The average molecular weight is 255 g/mol. The number of benzene rings is 1. The summed E-state index contributed by atoms with van der Waals surface area (Å²) >= 11 is 0. The van der Waals surface area contributed by atoms with E-state index in [0.29, 0.717) is 0 Å². The van der Waals surface area contributed by atoms with Crippen molar-refractivity contribution in [3.63, 3.8) is 0 Å². The zero-order valence-corrected chi connectivity index (χ0v) is 11.2. The molecule has 98 valence electrons. The molecule has 3 aromatic rings. The Hall–Kier alpha value is -2.07. The second-order valence-corrected chi connectivity index (χ2v) is 4.58. The lowest BCUT2D eigenvalue weighted by atomic mass is 10.2. The van der Waals surface area contributed by atoms with Crippen molar-refractivity contribution in [1.82, 2.24) is 14.9 Å². The van der Waals surface area contributed by atoms with Crippen LogP contribution >= 0.6 is 0 Å². The van der Waals surface area contributed by atoms with E-state index < -0.39 is 0 Å². The number of imidazole rings is 1. The van der Waals surface area contributed by atoms with Gasteiger partial charge in [0.2, 0.25) is 0 Å². The molecule has 0 saturated carbocycles. The predicted molar refractivity (Wildman–Crippen MR) is 75.8 cm³/mol. The first-order valence-corrected chi connectivity index (χ1v) is 6.49. The first-order valence-electron chi connectivity index (χ1n) is 6.49. The summed E-state index contributed by atoms with van der Waals surface area (Å²) in [5.41, 5.74) is 3.37. The summed E-state index contributed by atoms with van der Waals surface area (Å²) in [6.07, 6.45) is 1.67. The molecule has 1 N–H and O–H groups in total. The zero-order chi connectivity index (χ0) is 13.2. The minimum Gasteiger partial charge on any atom is -0.461 e. The number of fused-ring (bicyclic) bond motifs is 1. The van der Waals surface area contributed by atoms with Gasteiger partial charge in [-0.3, -0.25) is 0 Å². The van der Waals surface area contributed by atoms with Crippen LogP contribution in [0.2, 0.25) is 0 Å². The lowest BCUT2D eigenvalue weighted by Gasteiger charge is -2.02. The number of aromatic nitrogens is 2. The van der Waals surface area contributed by atoms with Crippen LogP contribution in [-0.2, 0) is 13.6 Å². The van der Waals surface area contributed by atoms with Gasteiger partial charge in [0.05, 0.1) is 17.3 Å². The van der Waals surface area contributed by atoms with Gasteiger partial charge in [-0.1, -0.05) is 13.0 Å². The monoisotopic (exact) mass is 255 g/mol. The molecule has 0 radical (unpaired) electrons. The lowest BCUT2D eigenvalue weighted by molar-refractivity contribution is 0.574. The highest BCUT2D eigenvalue weighted by Crippen LogP contribution is 2.24. The first kappa shape index (κ1) is 12.0. The van der Waals surface area contributed by atoms with Crippen molar-refractivity contribution in [3.05, 3.63) is 42.2 Å². The molecule has 0 aliphatic rings. The Labute approximate surface area is 112 Å². The quantitative estimate of drug-likeness (QED) is 0.779. The van der Waals surface area contributed by atoms with Gasteiger partial charge < -0.3 is 14.3 Å². The molecule has 1 aromatic carbocycles. The van der Waals surface area contributed by atoms with Crippen molar-refractivity contribution < 1.29 is 4.42 Å². The molecule has 0 saturated heterocycles. The molecule has 4 nitrogen and oxygen atoms in total. The molecule has 3 rings (SSSR count). The molecule has 0 spiro atoms. The zero-order valence-electron chi connectivity index (χ0n) is 11.2. The van der Waals surface area contributed by atoms with Gasteiger partial charge in [-0.25, -0.2) is 4.98 Å². The largest absolute Gasteiger partial charge is 0.461 e. The highest BCUT2D eigenvalue weighted by molar-refractivity contribution is 5.80. The van der Waals surface area contributed by atoms with Crippen LogP contribution < -0.4 is 5.32 Å². The minimum atomic E-state index is 0.798. The number of hydrogen-bond acceptors (Lipinski definition) is 3. The Morgan fingerprint density at radius 1 is 1.32 bits per heavy atom. The van der Waals surface area contributed by atoms with E-state index in [1.54, 1.807) is 6.26 Å². The van der Waals surface area contributed by atoms with Gasteiger partial charge >= 0.3 is 0 Å². The highest BCUT2D eigenvalue weighted by atomic mass is 16.3. The molecule has 2 heterocycles. The Balaban J connectivity index is 2.05. The first-order chi connectivity index (χ1) is 9.29. The van der Waals surface area contributed by atoms with Crippen molar-refractivity contribution in [1.29, 1.82) is 0 Å². The normalized spacial score (nSPS) is 11.3. The van der Waals surface area contributed by atoms with E-state index in [9.17, 15) is 0 Å². The van der Waals surface area contributed by atoms with Crippen LogP contribution in [0.15, 0.2) is 41.0 Å². The van der Waals surface area contributed by atoms with Crippen LogP contribution in [0.1, 0.15) is 12.5 Å². The van der Waals surface area contributed by atoms with Crippen molar-refractivity contribution in [2.45, 2.75) is 13.5 Å². The van der Waals surface area contributed by atoms with Crippen LogP contribution in [0.25, 0.3) is 22.6 Å². The number of rotatable bonds is 4. The van der Waals surface area contributed by atoms with Crippen molar-refractivity contribution in [2.24, 2.45) is 7.05 Å². The second kappa shape index (κ2) is 4.90. The maximum Gasteiger partial charge on any atom is 0.176 e. The molecule has 0 unspecified atom stereocenters. The Kier molecular flexibility index (Phi) is 3.09. The molecule has 2 aromatic heterocycles. The number of nitrogens with one attached hydrogen (secondary N) is 1. The second-order valence-electron chi connectivity index (χ2n) is 4.58. The fourth-order valence-electron chi connectivity index (χ4n) is 2.25. The summed E-state index contributed by atoms with van der Waals surface area (Å²) in [6.45, 7) is 3.95. The maximum absolute atomic E-state index is 5.43. The molecule has 0 atom stereocenters. The van der Waals surface area contributed by atoms with Crippen LogP contribution in [0.4, 0.5) is 0 Å². The standard InChI is InChI=1S/C15H17N3O/c1-3-16-10-11-6-7-13-12(9-11)17-15(18(13)2)14-5-4-8-19-14/h4-9,16H,3,10H2,1-2H3. The number of aryl methyl sites for hydroxylation is 1. The fraction of sp³-hybridized carbons (Fsp3) is 0.267. The van der Waals surface area contributed by atoms with Gasteiger partial charge in [0, 0.05) is 13.6 Å². The molecule has 19 heavy (non-hydrogen) atoms. The third-order valence-electron chi connectivity index (χ3n) is 3.27. The lowest BCUT2D eigenvalue weighted by Crippen LogP contribution is -2.11. The third kappa shape index (κ3) is 2.15. The van der Waals surface area contributed by atoms with Gasteiger partial charge in [0.15, 0.2) is 11.6 Å². The molecular weight excluding hydrogens is 238 g/mol. The molecule has 0 bridgehead atoms. The topological polar surface area (TPSA) is 43.0 Å². The van der Waals surface area contributed by atoms with Crippen LogP contribution in [-0.4, -0.2) is 16.1 Å². The molecule has 0 amide bonds. The van der Waals surface area contributed by atoms with E-state index in [-0.39, 0.29) is 0 Å². The van der Waals surface area contributed by atoms with Gasteiger partial charge in [-0.15, -0.1) is 0 Å². The van der Waals surface area contributed by atoms with E-state index >= 15 is 0 Å². The summed E-state index contributed by atoms with van der Waals surface area (Å²) in [6, 6.07) is 10.2. The maximum atomic E-state index is 5.43. The minimum absolute atomic E-state index is 0.798. The van der Waals surface area contributed by atoms with E-state index in [0.717, 1.165) is 35.7 Å². The Bertz CT molecular complexity index is 683. The summed E-state index contributed by atoms with van der Waals surface area (Å²) in [4.78, 5) is 4.66. The number of furan rings is 1. The van der Waals surface area contributed by atoms with Crippen LogP contribution in [0, 0.1) is 0 Å². The van der Waals surface area contributed by atoms with Crippen molar-refractivity contribution in [2.75, 3.05) is 6.54 Å². The van der Waals surface area contributed by atoms with Crippen LogP contribution in [0.5, 0.6) is 0 Å². The van der Waals surface area contributed by atoms with Gasteiger partial charge in [-0.2, -0.15) is 0 Å². The van der Waals surface area contributed by atoms with E-state index in [2.05, 4.69) is 40.0 Å². The highest BCUT2D eigenvalue weighted by Gasteiger charge is 2.11. The summed E-state index contributed by atoms with van der Waals surface area (Å²) < 4.78 is 7.49. The Morgan fingerprint density at radius 3 is 2.95 bits per heavy atom. The Morgan fingerprint density at radius 2 is 2.21 bits per heavy atom. The predicted octanol–water partition coefficient (Wildman–Crippen LogP) is 2.94. The fourth-order valence-corrected chi connectivity index (χ4v) is 2.25. The van der Waals surface area contributed by atoms with E-state index in [1.165, 1.54) is 5.56 Å². The van der Waals surface area contributed by atoms with E-state index in [4.69, 9.17) is 4.42 Å². The number of hydrogen-bond donors (Lipinski definition) is 1.